The molecule has 3 heteroatoms. The fourth-order valence-electron chi connectivity index (χ4n) is 3.88. The first kappa shape index (κ1) is 13.3. The van der Waals surface area contributed by atoms with Crippen molar-refractivity contribution >= 4 is 11.6 Å². The molecule has 104 valence electrons. The van der Waals surface area contributed by atoms with E-state index in [4.69, 9.17) is 16.3 Å². The predicted molar refractivity (Wildman–Crippen MR) is 79.0 cm³/mol. The molecule has 0 radical (unpaired) electrons. The second-order valence-corrected chi connectivity index (χ2v) is 6.47. The zero-order valence-electron chi connectivity index (χ0n) is 11.7. The van der Waals surface area contributed by atoms with E-state index in [1.807, 2.05) is 18.2 Å². The summed E-state index contributed by atoms with van der Waals surface area (Å²) in [5.41, 5.74) is 1.54. The lowest BCUT2D eigenvalue weighted by molar-refractivity contribution is -0.0739. The van der Waals surface area contributed by atoms with E-state index in [2.05, 4.69) is 19.3 Å². The van der Waals surface area contributed by atoms with Crippen LogP contribution in [0.25, 0.3) is 0 Å². The quantitative estimate of drug-likeness (QED) is 0.905. The maximum atomic E-state index is 6.31. The fraction of sp³-hybridized carbons (Fsp3) is 0.625. The Labute approximate surface area is 120 Å². The van der Waals surface area contributed by atoms with Gasteiger partial charge in [-0.15, -0.1) is 0 Å². The molecule has 0 aromatic heterocycles. The van der Waals surface area contributed by atoms with E-state index in [0.717, 1.165) is 17.2 Å². The number of ether oxygens (including phenoxy) is 1. The van der Waals surface area contributed by atoms with E-state index in [1.165, 1.54) is 31.2 Å². The molecule has 3 rings (SSSR count). The van der Waals surface area contributed by atoms with Crippen LogP contribution in [0.1, 0.15) is 37.7 Å². The Morgan fingerprint density at radius 3 is 2.74 bits per heavy atom. The van der Waals surface area contributed by atoms with Gasteiger partial charge in [0.25, 0.3) is 0 Å². The number of hydrogen-bond acceptors (Lipinski definition) is 2. The molecule has 2 aliphatic carbocycles. The summed E-state index contributed by atoms with van der Waals surface area (Å²) in [5.74, 6) is 0.957. The Bertz CT molecular complexity index is 468. The third kappa shape index (κ3) is 2.15. The first-order valence-electron chi connectivity index (χ1n) is 7.26. The van der Waals surface area contributed by atoms with E-state index in [0.29, 0.717) is 17.6 Å². The molecule has 2 nitrogen and oxygen atoms in total. The van der Waals surface area contributed by atoms with Crippen LogP contribution in [0.5, 0.6) is 5.75 Å². The van der Waals surface area contributed by atoms with Crippen LogP contribution in [0, 0.1) is 12.3 Å². The molecule has 2 saturated carbocycles. The van der Waals surface area contributed by atoms with Gasteiger partial charge < -0.3 is 10.1 Å². The maximum absolute atomic E-state index is 6.31. The monoisotopic (exact) mass is 279 g/mol. The molecule has 19 heavy (non-hydrogen) atoms. The Morgan fingerprint density at radius 2 is 2.05 bits per heavy atom. The molecule has 1 aromatic carbocycles. The average molecular weight is 280 g/mol. The average Bonchev–Trinajstić information content (AvgIpc) is 2.90. The largest absolute Gasteiger partial charge is 0.489 e. The van der Waals surface area contributed by atoms with Crippen molar-refractivity contribution in [2.45, 2.75) is 51.2 Å². The number of hydrogen-bond donors (Lipinski definition) is 1. The summed E-state index contributed by atoms with van der Waals surface area (Å²) in [6.45, 7) is 2.08. The minimum Gasteiger partial charge on any atom is -0.489 e. The van der Waals surface area contributed by atoms with Crippen LogP contribution in [0.4, 0.5) is 0 Å². The van der Waals surface area contributed by atoms with E-state index in [9.17, 15) is 0 Å². The van der Waals surface area contributed by atoms with Gasteiger partial charge in [0.15, 0.2) is 0 Å². The topological polar surface area (TPSA) is 21.3 Å². The summed E-state index contributed by atoms with van der Waals surface area (Å²) >= 11 is 6.08. The van der Waals surface area contributed by atoms with Crippen LogP contribution in [-0.2, 0) is 0 Å². The lowest BCUT2D eigenvalue weighted by Gasteiger charge is -2.53. The summed E-state index contributed by atoms with van der Waals surface area (Å²) < 4.78 is 6.31. The Kier molecular flexibility index (Phi) is 3.48. The van der Waals surface area contributed by atoms with Gasteiger partial charge >= 0.3 is 0 Å². The molecular weight excluding hydrogens is 258 g/mol. The molecule has 1 N–H and O–H groups in total. The van der Waals surface area contributed by atoms with E-state index in [-0.39, 0.29) is 0 Å². The van der Waals surface area contributed by atoms with Crippen LogP contribution in [0.3, 0.4) is 0 Å². The summed E-state index contributed by atoms with van der Waals surface area (Å²) in [7, 11) is 2.07. The van der Waals surface area contributed by atoms with E-state index >= 15 is 0 Å². The first-order valence-corrected chi connectivity index (χ1v) is 7.63. The summed E-state index contributed by atoms with van der Waals surface area (Å²) in [4.78, 5) is 0. The second-order valence-electron chi connectivity index (χ2n) is 6.03. The molecule has 2 fully saturated rings. The van der Waals surface area contributed by atoms with Crippen molar-refractivity contribution in [1.29, 1.82) is 0 Å². The highest BCUT2D eigenvalue weighted by molar-refractivity contribution is 6.30. The summed E-state index contributed by atoms with van der Waals surface area (Å²) in [6, 6.07) is 6.53. The second kappa shape index (κ2) is 4.99. The van der Waals surface area contributed by atoms with E-state index < -0.39 is 0 Å². The molecule has 2 atom stereocenters. The van der Waals surface area contributed by atoms with Crippen molar-refractivity contribution in [2.75, 3.05) is 7.05 Å². The standard InChI is InChI=1S/C16H22ClNO/c1-11-5-6-12(17)9-13(11)19-15-10-14(18-2)16(15)7-3-4-8-16/h5-6,9,14-15,18H,3-4,7-8,10H2,1-2H3. The van der Waals surface area contributed by atoms with Crippen molar-refractivity contribution in [3.8, 4) is 5.75 Å². The zero-order chi connectivity index (χ0) is 13.5. The molecule has 2 aliphatic rings. The minimum atomic E-state index is 0.351. The molecular formula is C16H22ClNO. The molecule has 2 unspecified atom stereocenters. The van der Waals surface area contributed by atoms with Gasteiger partial charge in [-0.3, -0.25) is 0 Å². The SMILES string of the molecule is CNC1CC(Oc2cc(Cl)ccc2C)C12CCCC2. The smallest absolute Gasteiger partial charge is 0.124 e. The van der Waals surface area contributed by atoms with Gasteiger partial charge in [0.2, 0.25) is 0 Å². The third-order valence-corrected chi connectivity index (χ3v) is 5.32. The third-order valence-electron chi connectivity index (χ3n) is 5.09. The van der Waals surface area contributed by atoms with Crippen molar-refractivity contribution in [3.05, 3.63) is 28.8 Å². The molecule has 0 aliphatic heterocycles. The summed E-state index contributed by atoms with van der Waals surface area (Å²) in [5, 5.41) is 4.23. The van der Waals surface area contributed by atoms with Crippen molar-refractivity contribution < 1.29 is 4.74 Å². The van der Waals surface area contributed by atoms with Gasteiger partial charge in [0, 0.05) is 22.9 Å². The van der Waals surface area contributed by atoms with Gasteiger partial charge in [-0.25, -0.2) is 0 Å². The van der Waals surface area contributed by atoms with Crippen LogP contribution < -0.4 is 10.1 Å². The fourth-order valence-corrected chi connectivity index (χ4v) is 4.04. The number of halogens is 1. The lowest BCUT2D eigenvalue weighted by Crippen LogP contribution is -2.63. The number of rotatable bonds is 3. The number of benzene rings is 1. The highest BCUT2D eigenvalue weighted by atomic mass is 35.5. The zero-order valence-corrected chi connectivity index (χ0v) is 12.5. The van der Waals surface area contributed by atoms with E-state index in [1.54, 1.807) is 0 Å². The predicted octanol–water partition coefficient (Wildman–Crippen LogP) is 3.95. The van der Waals surface area contributed by atoms with Crippen molar-refractivity contribution in [3.63, 3.8) is 0 Å². The highest BCUT2D eigenvalue weighted by Crippen LogP contribution is 2.54. The van der Waals surface area contributed by atoms with Gasteiger partial charge in [0.05, 0.1) is 0 Å². The lowest BCUT2D eigenvalue weighted by atomic mass is 9.60. The molecule has 0 amide bonds. The Hall–Kier alpha value is -0.730. The summed E-state index contributed by atoms with van der Waals surface area (Å²) in [6.07, 6.45) is 6.73. The van der Waals surface area contributed by atoms with Crippen molar-refractivity contribution in [2.24, 2.45) is 5.41 Å². The van der Waals surface area contributed by atoms with Gasteiger partial charge in [-0.2, -0.15) is 0 Å². The van der Waals surface area contributed by atoms with Crippen molar-refractivity contribution in [1.82, 2.24) is 5.32 Å². The normalized spacial score (nSPS) is 28.4. The molecule has 0 saturated heterocycles. The van der Waals surface area contributed by atoms with Gasteiger partial charge in [-0.1, -0.05) is 30.5 Å². The van der Waals surface area contributed by atoms with Crippen LogP contribution in [0.2, 0.25) is 5.02 Å². The highest BCUT2D eigenvalue weighted by Gasteiger charge is 2.57. The Balaban J connectivity index is 1.78. The van der Waals surface area contributed by atoms with Crippen LogP contribution >= 0.6 is 11.6 Å². The molecule has 1 spiro atoms. The first-order chi connectivity index (χ1) is 9.15. The molecule has 0 bridgehead atoms. The van der Waals surface area contributed by atoms with Gasteiger partial charge in [-0.05, 0) is 44.5 Å². The van der Waals surface area contributed by atoms with Crippen LogP contribution in [-0.4, -0.2) is 19.2 Å². The number of nitrogens with one attached hydrogen (secondary N) is 1. The maximum Gasteiger partial charge on any atom is 0.124 e. The molecule has 1 aromatic rings. The Morgan fingerprint density at radius 1 is 1.32 bits per heavy atom. The minimum absolute atomic E-state index is 0.351. The number of aryl methyl sites for hydroxylation is 1. The van der Waals surface area contributed by atoms with Crippen LogP contribution in [0.15, 0.2) is 18.2 Å². The van der Waals surface area contributed by atoms with Gasteiger partial charge in [0.1, 0.15) is 11.9 Å². The molecule has 0 heterocycles.